The van der Waals surface area contributed by atoms with E-state index in [1.54, 1.807) is 11.3 Å². The van der Waals surface area contributed by atoms with Crippen molar-refractivity contribution in [3.05, 3.63) is 51.2 Å². The Bertz CT molecular complexity index is 615. The summed E-state index contributed by atoms with van der Waals surface area (Å²) in [5, 5.41) is 4.21. The smallest absolute Gasteiger partial charge is 0.123 e. The number of fused-ring (bicyclic) bond motifs is 1. The lowest BCUT2D eigenvalue weighted by Gasteiger charge is -2.16. The van der Waals surface area contributed by atoms with Crippen LogP contribution in [-0.2, 0) is 6.42 Å². The highest BCUT2D eigenvalue weighted by molar-refractivity contribution is 7.08. The first-order valence-electron chi connectivity index (χ1n) is 6.45. The molecule has 1 aromatic carbocycles. The third kappa shape index (κ3) is 2.39. The predicted octanol–water partition coefficient (Wildman–Crippen LogP) is 5.10. The molecule has 0 saturated heterocycles. The normalized spacial score (nSPS) is 17.9. The molecule has 1 aliphatic rings. The molecule has 1 aromatic heterocycles. The fourth-order valence-electron chi connectivity index (χ4n) is 2.60. The van der Waals surface area contributed by atoms with Gasteiger partial charge in [0.1, 0.15) is 11.4 Å². The van der Waals surface area contributed by atoms with Crippen LogP contribution in [0.5, 0.6) is 5.75 Å². The summed E-state index contributed by atoms with van der Waals surface area (Å²) in [5.74, 6) is 1.000. The Morgan fingerprint density at radius 1 is 1.32 bits per heavy atom. The van der Waals surface area contributed by atoms with Crippen LogP contribution in [0, 0.1) is 6.92 Å². The van der Waals surface area contributed by atoms with Crippen LogP contribution in [0.4, 0.5) is 0 Å². The molecule has 0 N–H and O–H groups in total. The second-order valence-corrected chi connectivity index (χ2v) is 6.96. The van der Waals surface area contributed by atoms with Crippen molar-refractivity contribution in [3.8, 4) is 5.75 Å². The molecule has 1 atom stereocenters. The molecule has 0 radical (unpaired) electrons. The van der Waals surface area contributed by atoms with Gasteiger partial charge in [-0.15, -0.1) is 11.6 Å². The summed E-state index contributed by atoms with van der Waals surface area (Å²) >= 11 is 8.32. The monoisotopic (exact) mass is 292 g/mol. The van der Waals surface area contributed by atoms with E-state index in [4.69, 9.17) is 16.3 Å². The van der Waals surface area contributed by atoms with Crippen molar-refractivity contribution in [1.29, 1.82) is 0 Å². The molecule has 3 heteroatoms. The van der Waals surface area contributed by atoms with Crippen LogP contribution in [0.15, 0.2) is 29.0 Å². The minimum atomic E-state index is -0.0962. The van der Waals surface area contributed by atoms with Gasteiger partial charge in [-0.05, 0) is 59.9 Å². The lowest BCUT2D eigenvalue weighted by atomic mass is 9.97. The number of hydrogen-bond donors (Lipinski definition) is 0. The summed E-state index contributed by atoms with van der Waals surface area (Å²) in [4.78, 5) is 0. The zero-order valence-corrected chi connectivity index (χ0v) is 12.9. The molecule has 0 bridgehead atoms. The van der Waals surface area contributed by atoms with Gasteiger partial charge >= 0.3 is 0 Å². The molecule has 100 valence electrons. The van der Waals surface area contributed by atoms with E-state index in [2.05, 4.69) is 49.7 Å². The number of benzene rings is 1. The van der Waals surface area contributed by atoms with E-state index in [1.807, 2.05) is 0 Å². The second kappa shape index (κ2) is 4.53. The summed E-state index contributed by atoms with van der Waals surface area (Å²) in [6, 6.07) is 6.32. The predicted molar refractivity (Wildman–Crippen MR) is 81.6 cm³/mol. The fourth-order valence-corrected chi connectivity index (χ4v) is 3.92. The number of hydrogen-bond acceptors (Lipinski definition) is 2. The molecule has 1 unspecified atom stereocenters. The highest BCUT2D eigenvalue weighted by Crippen LogP contribution is 2.39. The van der Waals surface area contributed by atoms with Gasteiger partial charge in [-0.1, -0.05) is 12.1 Å². The molecule has 2 aromatic rings. The summed E-state index contributed by atoms with van der Waals surface area (Å²) in [5.41, 5.74) is 4.80. The molecule has 2 heterocycles. The van der Waals surface area contributed by atoms with Crippen LogP contribution in [0.3, 0.4) is 0 Å². The number of halogens is 1. The zero-order valence-electron chi connectivity index (χ0n) is 11.4. The molecule has 19 heavy (non-hydrogen) atoms. The highest BCUT2D eigenvalue weighted by atomic mass is 35.5. The first-order chi connectivity index (χ1) is 8.96. The van der Waals surface area contributed by atoms with Crippen LogP contribution >= 0.6 is 22.9 Å². The fraction of sp³-hybridized carbons (Fsp3) is 0.375. The van der Waals surface area contributed by atoms with Gasteiger partial charge in [-0.2, -0.15) is 11.3 Å². The minimum Gasteiger partial charge on any atom is -0.487 e. The molecule has 0 fully saturated rings. The molecule has 0 amide bonds. The minimum absolute atomic E-state index is 0.0692. The molecule has 3 rings (SSSR count). The lowest BCUT2D eigenvalue weighted by Crippen LogP contribution is -2.24. The van der Waals surface area contributed by atoms with Gasteiger partial charge in [0, 0.05) is 6.42 Å². The Labute approximate surface area is 123 Å². The highest BCUT2D eigenvalue weighted by Gasteiger charge is 2.30. The number of aryl methyl sites for hydroxylation is 1. The van der Waals surface area contributed by atoms with E-state index < -0.39 is 0 Å². The largest absolute Gasteiger partial charge is 0.487 e. The van der Waals surface area contributed by atoms with Crippen molar-refractivity contribution in [1.82, 2.24) is 0 Å². The topological polar surface area (TPSA) is 9.23 Å². The van der Waals surface area contributed by atoms with Crippen LogP contribution in [0.25, 0.3) is 0 Å². The van der Waals surface area contributed by atoms with Crippen molar-refractivity contribution >= 4 is 22.9 Å². The zero-order chi connectivity index (χ0) is 13.6. The Balaban J connectivity index is 1.94. The third-order valence-corrected chi connectivity index (χ3v) is 4.91. The van der Waals surface area contributed by atoms with Gasteiger partial charge in [0.15, 0.2) is 0 Å². The SMILES string of the molecule is Cc1cscc1C(Cl)c1ccc2c(c1)CC(C)(C)O2. The number of ether oxygens (including phenoxy) is 1. The van der Waals surface area contributed by atoms with Crippen molar-refractivity contribution in [3.63, 3.8) is 0 Å². The van der Waals surface area contributed by atoms with Gasteiger partial charge in [0.2, 0.25) is 0 Å². The van der Waals surface area contributed by atoms with E-state index >= 15 is 0 Å². The Morgan fingerprint density at radius 2 is 2.11 bits per heavy atom. The maximum absolute atomic E-state index is 6.62. The average Bonchev–Trinajstić information content (AvgIpc) is 2.88. The average molecular weight is 293 g/mol. The van der Waals surface area contributed by atoms with Gasteiger partial charge in [0.05, 0.1) is 5.38 Å². The standard InChI is InChI=1S/C16H17ClOS/c1-10-8-19-9-13(10)15(17)11-4-5-14-12(6-11)7-16(2,3)18-14/h4-6,8-9,15H,7H2,1-3H3. The van der Waals surface area contributed by atoms with Crippen LogP contribution < -0.4 is 4.74 Å². The molecule has 0 aliphatic carbocycles. The van der Waals surface area contributed by atoms with Gasteiger partial charge in [-0.25, -0.2) is 0 Å². The van der Waals surface area contributed by atoms with Gasteiger partial charge in [0.25, 0.3) is 0 Å². The summed E-state index contributed by atoms with van der Waals surface area (Å²) in [6.07, 6.45) is 0.947. The molecule has 1 aliphatic heterocycles. The van der Waals surface area contributed by atoms with E-state index in [0.29, 0.717) is 0 Å². The lowest BCUT2D eigenvalue weighted by molar-refractivity contribution is 0.138. The molecule has 0 spiro atoms. The molecular weight excluding hydrogens is 276 g/mol. The van der Waals surface area contributed by atoms with Crippen molar-refractivity contribution < 1.29 is 4.74 Å². The van der Waals surface area contributed by atoms with Crippen molar-refractivity contribution in [2.24, 2.45) is 0 Å². The maximum atomic E-state index is 6.62. The van der Waals surface area contributed by atoms with E-state index in [-0.39, 0.29) is 11.0 Å². The second-order valence-electron chi connectivity index (χ2n) is 5.78. The number of alkyl halides is 1. The van der Waals surface area contributed by atoms with Crippen LogP contribution in [0.1, 0.15) is 41.5 Å². The van der Waals surface area contributed by atoms with E-state index in [0.717, 1.165) is 17.7 Å². The van der Waals surface area contributed by atoms with E-state index in [9.17, 15) is 0 Å². The van der Waals surface area contributed by atoms with Crippen LogP contribution in [-0.4, -0.2) is 5.60 Å². The molecule has 1 nitrogen and oxygen atoms in total. The first-order valence-corrected chi connectivity index (χ1v) is 7.83. The number of rotatable bonds is 2. The summed E-state index contributed by atoms with van der Waals surface area (Å²) in [7, 11) is 0. The van der Waals surface area contributed by atoms with Crippen molar-refractivity contribution in [2.75, 3.05) is 0 Å². The Hall–Kier alpha value is -0.990. The Kier molecular flexibility index (Phi) is 3.11. The first kappa shape index (κ1) is 13.0. The number of thiophene rings is 1. The van der Waals surface area contributed by atoms with E-state index in [1.165, 1.54) is 16.7 Å². The summed E-state index contributed by atoms with van der Waals surface area (Å²) in [6.45, 7) is 6.35. The summed E-state index contributed by atoms with van der Waals surface area (Å²) < 4.78 is 5.90. The van der Waals surface area contributed by atoms with Crippen molar-refractivity contribution in [2.45, 2.75) is 38.2 Å². The Morgan fingerprint density at radius 3 is 2.79 bits per heavy atom. The van der Waals surface area contributed by atoms with Gasteiger partial charge in [-0.3, -0.25) is 0 Å². The maximum Gasteiger partial charge on any atom is 0.123 e. The third-order valence-electron chi connectivity index (χ3n) is 3.55. The van der Waals surface area contributed by atoms with Crippen LogP contribution in [0.2, 0.25) is 0 Å². The quantitative estimate of drug-likeness (QED) is 0.700. The van der Waals surface area contributed by atoms with Gasteiger partial charge < -0.3 is 4.74 Å². The molecule has 0 saturated carbocycles. The molecular formula is C16H17ClOS.